The summed E-state index contributed by atoms with van der Waals surface area (Å²) in [5, 5.41) is 3.27. The number of nitrogens with two attached hydrogens (primary N) is 1. The molecule has 3 aromatic rings. The van der Waals surface area contributed by atoms with Crippen LogP contribution in [0.25, 0.3) is 22.3 Å². The smallest absolute Gasteiger partial charge is 0.384 e. The maximum absolute atomic E-state index is 12.7. The van der Waals surface area contributed by atoms with Gasteiger partial charge in [-0.3, -0.25) is 0 Å². The number of nitrogen functional groups attached to an aromatic ring is 1. The Morgan fingerprint density at radius 3 is 2.65 bits per heavy atom. The SMILES string of the molecule is C[Si](C)(C)CCOCn1c(-c2ccnc(NCC(F)(F)F)n2)c(C2CCC2)c2cnc(N)cc21. The molecular weight excluding hydrogens is 461 g/mol. The predicted octanol–water partition coefficient (Wildman–Crippen LogP) is 5.63. The molecule has 0 aromatic carbocycles. The molecule has 3 heterocycles. The summed E-state index contributed by atoms with van der Waals surface area (Å²) in [6.07, 6.45) is 2.11. The molecule has 1 aliphatic rings. The first kappa shape index (κ1) is 24.5. The molecule has 0 aliphatic heterocycles. The molecule has 0 bridgehead atoms. The minimum Gasteiger partial charge on any atom is -0.384 e. The zero-order valence-electron chi connectivity index (χ0n) is 19.7. The lowest BCUT2D eigenvalue weighted by atomic mass is 9.78. The second-order valence-corrected chi connectivity index (χ2v) is 15.6. The van der Waals surface area contributed by atoms with E-state index < -0.39 is 20.8 Å². The van der Waals surface area contributed by atoms with Gasteiger partial charge in [0.2, 0.25) is 5.95 Å². The van der Waals surface area contributed by atoms with Crippen molar-refractivity contribution < 1.29 is 17.9 Å². The number of alkyl halides is 3. The number of rotatable bonds is 9. The highest BCUT2D eigenvalue weighted by atomic mass is 28.3. The van der Waals surface area contributed by atoms with Gasteiger partial charge in [-0.1, -0.05) is 26.1 Å². The summed E-state index contributed by atoms with van der Waals surface area (Å²) in [7, 11) is -1.26. The van der Waals surface area contributed by atoms with Gasteiger partial charge in [-0.2, -0.15) is 13.2 Å². The fraction of sp³-hybridized carbons (Fsp3) is 0.522. The molecule has 3 N–H and O–H groups in total. The molecule has 0 radical (unpaired) electrons. The molecule has 34 heavy (non-hydrogen) atoms. The van der Waals surface area contributed by atoms with Gasteiger partial charge in [0.05, 0.1) is 16.9 Å². The molecule has 184 valence electrons. The maximum Gasteiger partial charge on any atom is 0.405 e. The van der Waals surface area contributed by atoms with Crippen molar-refractivity contribution in [1.29, 1.82) is 0 Å². The van der Waals surface area contributed by atoms with Crippen LogP contribution in [0.15, 0.2) is 24.5 Å². The molecular formula is C23H31F3N6OSi. The molecule has 1 aliphatic carbocycles. The molecule has 0 saturated heterocycles. The normalized spacial score (nSPS) is 15.0. The monoisotopic (exact) mass is 492 g/mol. The largest absolute Gasteiger partial charge is 0.405 e. The second kappa shape index (κ2) is 9.53. The number of nitrogens with one attached hydrogen (secondary N) is 1. The van der Waals surface area contributed by atoms with Crippen LogP contribution in [0, 0.1) is 0 Å². The molecule has 11 heteroatoms. The van der Waals surface area contributed by atoms with Crippen molar-refractivity contribution in [2.45, 2.75) is 63.8 Å². The third kappa shape index (κ3) is 5.69. The predicted molar refractivity (Wildman–Crippen MR) is 130 cm³/mol. The van der Waals surface area contributed by atoms with Crippen LogP contribution in [0.4, 0.5) is 24.9 Å². The lowest BCUT2D eigenvalue weighted by molar-refractivity contribution is -0.115. The minimum atomic E-state index is -4.36. The van der Waals surface area contributed by atoms with E-state index in [-0.39, 0.29) is 5.95 Å². The quantitative estimate of drug-likeness (QED) is 0.297. The first-order valence-corrected chi connectivity index (χ1v) is 15.2. The van der Waals surface area contributed by atoms with Gasteiger partial charge < -0.3 is 20.4 Å². The first-order chi connectivity index (χ1) is 16.0. The Morgan fingerprint density at radius 2 is 2.00 bits per heavy atom. The van der Waals surface area contributed by atoms with Gasteiger partial charge in [0, 0.05) is 38.5 Å². The number of ether oxygens (including phenoxy) is 1. The Hall–Kier alpha value is -2.66. The Bertz CT molecular complexity index is 1150. The fourth-order valence-electron chi connectivity index (χ4n) is 4.09. The van der Waals surface area contributed by atoms with E-state index in [0.717, 1.165) is 47.5 Å². The van der Waals surface area contributed by atoms with Crippen LogP contribution in [0.3, 0.4) is 0 Å². The number of halogens is 3. The lowest BCUT2D eigenvalue weighted by Crippen LogP contribution is -2.22. The van der Waals surface area contributed by atoms with E-state index in [1.165, 1.54) is 6.20 Å². The van der Waals surface area contributed by atoms with Gasteiger partial charge in [-0.05, 0) is 36.4 Å². The molecule has 0 unspecified atom stereocenters. The second-order valence-electron chi connectivity index (χ2n) is 10.0. The number of anilines is 2. The van der Waals surface area contributed by atoms with Crippen LogP contribution < -0.4 is 11.1 Å². The lowest BCUT2D eigenvalue weighted by Gasteiger charge is -2.27. The van der Waals surface area contributed by atoms with Crippen LogP contribution in [0.1, 0.15) is 30.7 Å². The van der Waals surface area contributed by atoms with E-state index in [2.05, 4.69) is 39.9 Å². The summed E-state index contributed by atoms with van der Waals surface area (Å²) < 4.78 is 46.3. The van der Waals surface area contributed by atoms with Gasteiger partial charge in [-0.15, -0.1) is 0 Å². The third-order valence-electron chi connectivity index (χ3n) is 6.08. The van der Waals surface area contributed by atoms with Crippen molar-refractivity contribution >= 4 is 30.7 Å². The molecule has 0 spiro atoms. The highest BCUT2D eigenvalue weighted by Gasteiger charge is 2.31. The van der Waals surface area contributed by atoms with Crippen molar-refractivity contribution in [2.24, 2.45) is 0 Å². The number of hydrogen-bond donors (Lipinski definition) is 2. The Labute approximate surface area is 198 Å². The number of aromatic nitrogens is 4. The number of nitrogens with zero attached hydrogens (tertiary/aromatic N) is 4. The van der Waals surface area contributed by atoms with Gasteiger partial charge in [-0.25, -0.2) is 15.0 Å². The van der Waals surface area contributed by atoms with E-state index in [9.17, 15) is 13.2 Å². The Kier molecular flexibility index (Phi) is 6.86. The number of fused-ring (bicyclic) bond motifs is 1. The summed E-state index contributed by atoms with van der Waals surface area (Å²) in [6, 6.07) is 4.58. The highest BCUT2D eigenvalue weighted by Crippen LogP contribution is 2.46. The van der Waals surface area contributed by atoms with Crippen molar-refractivity contribution in [2.75, 3.05) is 24.2 Å². The van der Waals surface area contributed by atoms with Crippen LogP contribution in [-0.4, -0.2) is 46.9 Å². The van der Waals surface area contributed by atoms with E-state index in [4.69, 9.17) is 10.5 Å². The molecule has 0 atom stereocenters. The van der Waals surface area contributed by atoms with Gasteiger partial charge >= 0.3 is 6.18 Å². The zero-order chi connectivity index (χ0) is 24.5. The van der Waals surface area contributed by atoms with E-state index in [1.54, 1.807) is 12.3 Å². The topological polar surface area (TPSA) is 90.9 Å². The molecule has 0 amide bonds. The number of pyridine rings is 1. The minimum absolute atomic E-state index is 0.0662. The van der Waals surface area contributed by atoms with Gasteiger partial charge in [0.1, 0.15) is 19.1 Å². The van der Waals surface area contributed by atoms with Gasteiger partial charge in [0.25, 0.3) is 0 Å². The molecule has 1 saturated carbocycles. The fourth-order valence-corrected chi connectivity index (χ4v) is 4.85. The molecule has 1 fully saturated rings. The highest BCUT2D eigenvalue weighted by molar-refractivity contribution is 6.76. The summed E-state index contributed by atoms with van der Waals surface area (Å²) in [5.41, 5.74) is 9.40. The van der Waals surface area contributed by atoms with E-state index in [1.807, 2.05) is 10.6 Å². The Balaban J connectivity index is 1.77. The third-order valence-corrected chi connectivity index (χ3v) is 7.79. The van der Waals surface area contributed by atoms with Crippen LogP contribution in [-0.2, 0) is 11.5 Å². The van der Waals surface area contributed by atoms with Crippen molar-refractivity contribution in [3.05, 3.63) is 30.1 Å². The van der Waals surface area contributed by atoms with Crippen molar-refractivity contribution in [3.8, 4) is 11.4 Å². The summed E-state index contributed by atoms with van der Waals surface area (Å²) in [5.74, 6) is 0.659. The van der Waals surface area contributed by atoms with E-state index >= 15 is 0 Å². The summed E-state index contributed by atoms with van der Waals surface area (Å²) in [6.45, 7) is 6.62. The Morgan fingerprint density at radius 1 is 1.24 bits per heavy atom. The van der Waals surface area contributed by atoms with E-state index in [0.29, 0.717) is 30.8 Å². The maximum atomic E-state index is 12.7. The summed E-state index contributed by atoms with van der Waals surface area (Å²) in [4.78, 5) is 12.8. The standard InChI is InChI=1S/C23H31F3N6OSi/c1-34(2,3)10-9-33-14-32-18-11-19(27)29-12-16(18)20(15-5-4-6-15)21(32)17-7-8-28-22(31-17)30-13-23(24,25)26/h7-8,11-12,15H,4-6,9-10,13-14H2,1-3H3,(H2,27,29)(H,28,30,31). The average molecular weight is 493 g/mol. The average Bonchev–Trinajstić information content (AvgIpc) is 3.00. The van der Waals surface area contributed by atoms with Crippen molar-refractivity contribution in [3.63, 3.8) is 0 Å². The number of hydrogen-bond acceptors (Lipinski definition) is 6. The van der Waals surface area contributed by atoms with Gasteiger partial charge in [0.15, 0.2) is 0 Å². The van der Waals surface area contributed by atoms with Crippen LogP contribution >= 0.6 is 0 Å². The molecule has 7 nitrogen and oxygen atoms in total. The first-order valence-electron chi connectivity index (χ1n) is 11.5. The zero-order valence-corrected chi connectivity index (χ0v) is 20.7. The van der Waals surface area contributed by atoms with Crippen molar-refractivity contribution in [1.82, 2.24) is 19.5 Å². The van der Waals surface area contributed by atoms with Crippen LogP contribution in [0.2, 0.25) is 25.7 Å². The van der Waals surface area contributed by atoms with Crippen LogP contribution in [0.5, 0.6) is 0 Å². The molecule has 3 aromatic heterocycles. The summed E-state index contributed by atoms with van der Waals surface area (Å²) >= 11 is 0. The molecule has 4 rings (SSSR count).